The van der Waals surface area contributed by atoms with Crippen molar-refractivity contribution in [3.63, 3.8) is 0 Å². The summed E-state index contributed by atoms with van der Waals surface area (Å²) in [5, 5.41) is 9.68. The molecule has 0 radical (unpaired) electrons. The van der Waals surface area contributed by atoms with Crippen molar-refractivity contribution in [2.75, 3.05) is 0 Å². The van der Waals surface area contributed by atoms with Gasteiger partial charge in [0.25, 0.3) is 0 Å². The Labute approximate surface area is 156 Å². The summed E-state index contributed by atoms with van der Waals surface area (Å²) in [4.78, 5) is 42.1. The first-order valence-electron chi connectivity index (χ1n) is 8.64. The van der Waals surface area contributed by atoms with E-state index >= 15 is 0 Å². The highest BCUT2D eigenvalue weighted by atomic mass is 32.2. The predicted octanol–water partition coefficient (Wildman–Crippen LogP) is 2.70. The SMILES string of the molecule is CC(=O)C[C@H](C)[C@H]1C(=O)N2C(C(=O)O)=C(SCc3ccncc3)[C@H](C)[C@H]12. The Kier molecular flexibility index (Phi) is 5.18. The first kappa shape index (κ1) is 18.6. The number of carboxylic acids is 1. The van der Waals surface area contributed by atoms with Crippen molar-refractivity contribution in [1.29, 1.82) is 0 Å². The Bertz CT molecular complexity index is 777. The Hall–Kier alpha value is -2.15. The maximum atomic E-state index is 12.6. The molecule has 1 aromatic rings. The quantitative estimate of drug-likeness (QED) is 0.739. The molecule has 138 valence electrons. The van der Waals surface area contributed by atoms with Gasteiger partial charge in [0.05, 0.1) is 12.0 Å². The average Bonchev–Trinajstić information content (AvgIpc) is 2.82. The second-order valence-corrected chi connectivity index (χ2v) is 8.08. The molecular formula is C19H22N2O4S. The van der Waals surface area contributed by atoms with Gasteiger partial charge in [0.1, 0.15) is 11.5 Å². The molecule has 6 nitrogen and oxygen atoms in total. The summed E-state index contributed by atoms with van der Waals surface area (Å²) in [6, 6.07) is 3.62. The molecule has 1 aromatic heterocycles. The lowest BCUT2D eigenvalue weighted by atomic mass is 9.73. The predicted molar refractivity (Wildman–Crippen MR) is 97.9 cm³/mol. The van der Waals surface area contributed by atoms with Gasteiger partial charge in [-0.25, -0.2) is 4.79 Å². The summed E-state index contributed by atoms with van der Waals surface area (Å²) in [6.45, 7) is 5.39. The number of ketones is 1. The van der Waals surface area contributed by atoms with Crippen LogP contribution < -0.4 is 0 Å². The van der Waals surface area contributed by atoms with E-state index in [2.05, 4.69) is 4.98 Å². The molecule has 1 fully saturated rings. The van der Waals surface area contributed by atoms with Gasteiger partial charge in [-0.2, -0.15) is 0 Å². The molecule has 1 saturated heterocycles. The van der Waals surface area contributed by atoms with Crippen LogP contribution in [-0.4, -0.2) is 38.7 Å². The Morgan fingerprint density at radius 1 is 1.35 bits per heavy atom. The van der Waals surface area contributed by atoms with Gasteiger partial charge in [-0.3, -0.25) is 9.78 Å². The van der Waals surface area contributed by atoms with Crippen molar-refractivity contribution in [1.82, 2.24) is 9.88 Å². The van der Waals surface area contributed by atoms with Crippen LogP contribution >= 0.6 is 11.8 Å². The van der Waals surface area contributed by atoms with E-state index < -0.39 is 5.97 Å². The van der Waals surface area contributed by atoms with Gasteiger partial charge in [-0.15, -0.1) is 11.8 Å². The van der Waals surface area contributed by atoms with Crippen molar-refractivity contribution in [3.05, 3.63) is 40.7 Å². The minimum atomic E-state index is -1.07. The third kappa shape index (κ3) is 3.16. The normalized spacial score (nSPS) is 25.7. The highest BCUT2D eigenvalue weighted by molar-refractivity contribution is 8.02. The van der Waals surface area contributed by atoms with E-state index in [4.69, 9.17) is 0 Å². The summed E-state index contributed by atoms with van der Waals surface area (Å²) in [6.07, 6.45) is 3.75. The largest absolute Gasteiger partial charge is 0.477 e. The molecule has 0 saturated carbocycles. The number of pyridine rings is 1. The molecule has 0 unspecified atom stereocenters. The van der Waals surface area contributed by atoms with Gasteiger partial charge in [0.15, 0.2) is 0 Å². The van der Waals surface area contributed by atoms with Crippen LogP contribution in [0.5, 0.6) is 0 Å². The number of fused-ring (bicyclic) bond motifs is 1. The third-order valence-electron chi connectivity index (χ3n) is 5.16. The van der Waals surface area contributed by atoms with Crippen molar-refractivity contribution in [3.8, 4) is 0 Å². The Morgan fingerprint density at radius 2 is 2.00 bits per heavy atom. The minimum absolute atomic E-state index is 0.0492. The lowest BCUT2D eigenvalue weighted by Gasteiger charge is -2.47. The molecule has 0 aliphatic carbocycles. The number of Topliss-reactive ketones (excluding diaryl/α,β-unsaturated/α-hetero) is 1. The van der Waals surface area contributed by atoms with Gasteiger partial charge in [0, 0.05) is 35.4 Å². The zero-order valence-electron chi connectivity index (χ0n) is 15.0. The molecule has 3 rings (SSSR count). The molecule has 4 atom stereocenters. The second kappa shape index (κ2) is 7.23. The van der Waals surface area contributed by atoms with Crippen LogP contribution in [0.2, 0.25) is 0 Å². The van der Waals surface area contributed by atoms with Crippen molar-refractivity contribution in [2.24, 2.45) is 17.8 Å². The van der Waals surface area contributed by atoms with Crippen LogP contribution in [0.15, 0.2) is 35.1 Å². The summed E-state index contributed by atoms with van der Waals surface area (Å²) < 4.78 is 0. The number of aromatic nitrogens is 1. The fraction of sp³-hybridized carbons (Fsp3) is 0.474. The number of rotatable bonds is 7. The van der Waals surface area contributed by atoms with Crippen LogP contribution in [-0.2, 0) is 20.1 Å². The van der Waals surface area contributed by atoms with Crippen LogP contribution in [0, 0.1) is 17.8 Å². The number of hydrogen-bond acceptors (Lipinski definition) is 5. The smallest absolute Gasteiger partial charge is 0.353 e. The lowest BCUT2D eigenvalue weighted by molar-refractivity contribution is -0.160. The summed E-state index contributed by atoms with van der Waals surface area (Å²) in [7, 11) is 0. The molecular weight excluding hydrogens is 352 g/mol. The zero-order valence-corrected chi connectivity index (χ0v) is 15.8. The summed E-state index contributed by atoms with van der Waals surface area (Å²) in [5.74, 6) is -0.986. The Balaban J connectivity index is 1.82. The number of amides is 1. The average molecular weight is 374 g/mol. The highest BCUT2D eigenvalue weighted by Crippen LogP contribution is 2.52. The van der Waals surface area contributed by atoms with E-state index in [-0.39, 0.29) is 41.2 Å². The minimum Gasteiger partial charge on any atom is -0.477 e. The molecule has 7 heteroatoms. The molecule has 2 aliphatic rings. The van der Waals surface area contributed by atoms with Gasteiger partial charge in [-0.1, -0.05) is 13.8 Å². The van der Waals surface area contributed by atoms with Crippen LogP contribution in [0.3, 0.4) is 0 Å². The van der Waals surface area contributed by atoms with E-state index in [0.29, 0.717) is 12.2 Å². The third-order valence-corrected chi connectivity index (χ3v) is 6.51. The van der Waals surface area contributed by atoms with E-state index in [1.165, 1.54) is 23.6 Å². The number of nitrogens with zero attached hydrogens (tertiary/aromatic N) is 2. The molecule has 0 aromatic carbocycles. The molecule has 26 heavy (non-hydrogen) atoms. The lowest BCUT2D eigenvalue weighted by Crippen LogP contribution is -2.62. The van der Waals surface area contributed by atoms with Gasteiger partial charge in [0.2, 0.25) is 5.91 Å². The number of carbonyl (C=O) groups is 3. The standard InChI is InChI=1S/C19H22N2O4S/c1-10(8-11(2)22)14-15-12(3)17(16(19(24)25)21(15)18(14)23)26-9-13-4-6-20-7-5-13/h4-7,10,12,14-15H,8-9H2,1-3H3,(H,24,25)/t10-,12+,14+,15+/m0/s1. The number of aliphatic carboxylic acids is 1. The van der Waals surface area contributed by atoms with Crippen molar-refractivity contribution < 1.29 is 19.5 Å². The van der Waals surface area contributed by atoms with E-state index in [9.17, 15) is 19.5 Å². The Morgan fingerprint density at radius 3 is 2.58 bits per heavy atom. The topological polar surface area (TPSA) is 87.6 Å². The molecule has 1 amide bonds. The first-order valence-corrected chi connectivity index (χ1v) is 9.63. The number of carbonyl (C=O) groups excluding carboxylic acids is 2. The van der Waals surface area contributed by atoms with Crippen molar-refractivity contribution >= 4 is 29.4 Å². The van der Waals surface area contributed by atoms with Gasteiger partial charge < -0.3 is 14.8 Å². The van der Waals surface area contributed by atoms with Crippen LogP contribution in [0.1, 0.15) is 32.8 Å². The summed E-state index contributed by atoms with van der Waals surface area (Å²) >= 11 is 1.47. The monoisotopic (exact) mass is 374 g/mol. The molecule has 2 aliphatic heterocycles. The molecule has 0 spiro atoms. The maximum absolute atomic E-state index is 12.6. The number of thioether (sulfide) groups is 1. The van der Waals surface area contributed by atoms with Gasteiger partial charge >= 0.3 is 5.97 Å². The fourth-order valence-corrected chi connectivity index (χ4v) is 5.26. The van der Waals surface area contributed by atoms with E-state index in [1.807, 2.05) is 26.0 Å². The number of β-lactam (4-membered cyclic amide) rings is 1. The molecule has 1 N–H and O–H groups in total. The number of carboxylic acid groups (broad SMARTS) is 1. The maximum Gasteiger partial charge on any atom is 0.353 e. The second-order valence-electron chi connectivity index (χ2n) is 7.06. The van der Waals surface area contributed by atoms with Crippen LogP contribution in [0.4, 0.5) is 0 Å². The van der Waals surface area contributed by atoms with E-state index in [1.54, 1.807) is 12.4 Å². The van der Waals surface area contributed by atoms with Gasteiger partial charge in [-0.05, 0) is 30.5 Å². The first-order chi connectivity index (χ1) is 12.3. The van der Waals surface area contributed by atoms with Crippen LogP contribution in [0.25, 0.3) is 0 Å². The summed E-state index contributed by atoms with van der Waals surface area (Å²) in [5.41, 5.74) is 1.16. The highest BCUT2D eigenvalue weighted by Gasteiger charge is 2.59. The zero-order chi connectivity index (χ0) is 19.0. The van der Waals surface area contributed by atoms with E-state index in [0.717, 1.165) is 10.5 Å². The number of hydrogen-bond donors (Lipinski definition) is 1. The molecule has 0 bridgehead atoms. The fourth-order valence-electron chi connectivity index (χ4n) is 4.02. The van der Waals surface area contributed by atoms with Crippen molar-refractivity contribution in [2.45, 2.75) is 39.0 Å². The molecule has 3 heterocycles.